The number of rotatable bonds is 5. The van der Waals surface area contributed by atoms with Crippen molar-refractivity contribution in [2.75, 3.05) is 12.8 Å². The molecule has 0 bridgehead atoms. The molecule has 9 heteroatoms. The van der Waals surface area contributed by atoms with E-state index in [0.717, 1.165) is 18.9 Å². The average Bonchev–Trinajstić information content (AvgIpc) is 2.85. The van der Waals surface area contributed by atoms with Crippen molar-refractivity contribution < 1.29 is 18.1 Å². The molecule has 116 valence electrons. The molecule has 1 aliphatic rings. The van der Waals surface area contributed by atoms with Gasteiger partial charge in [-0.05, 0) is 25.3 Å². The van der Waals surface area contributed by atoms with E-state index in [4.69, 9.17) is 10.5 Å². The Morgan fingerprint density at radius 2 is 2.14 bits per heavy atom. The molecule has 0 aliphatic heterocycles. The van der Waals surface area contributed by atoms with E-state index in [-0.39, 0.29) is 28.4 Å². The zero-order valence-corrected chi connectivity index (χ0v) is 12.3. The van der Waals surface area contributed by atoms with Crippen LogP contribution < -0.4 is 10.5 Å². The molecule has 8 nitrogen and oxygen atoms in total. The lowest BCUT2D eigenvalue weighted by atomic mass is 10.2. The van der Waals surface area contributed by atoms with Crippen molar-refractivity contribution in [3.05, 3.63) is 28.3 Å². The highest BCUT2D eigenvalue weighted by Crippen LogP contribution is 2.27. The Hall–Kier alpha value is -1.71. The summed E-state index contributed by atoms with van der Waals surface area (Å²) in [4.78, 5) is 9.82. The lowest BCUT2D eigenvalue weighted by Crippen LogP contribution is -2.40. The molecule has 0 amide bonds. The number of benzene rings is 1. The van der Waals surface area contributed by atoms with Gasteiger partial charge in [0.15, 0.2) is 0 Å². The van der Waals surface area contributed by atoms with E-state index in [1.54, 1.807) is 0 Å². The van der Waals surface area contributed by atoms with E-state index in [2.05, 4.69) is 4.72 Å². The minimum absolute atomic E-state index is 0.0277. The maximum Gasteiger partial charge on any atom is 0.270 e. The summed E-state index contributed by atoms with van der Waals surface area (Å²) in [5.74, 6) is 0. The molecule has 0 spiro atoms. The number of ether oxygens (including phenoxy) is 1. The van der Waals surface area contributed by atoms with Crippen LogP contribution in [0.4, 0.5) is 11.4 Å². The van der Waals surface area contributed by atoms with Crippen molar-refractivity contribution in [2.45, 2.75) is 36.3 Å². The molecule has 1 saturated carbocycles. The molecule has 1 aromatic carbocycles. The van der Waals surface area contributed by atoms with Gasteiger partial charge < -0.3 is 10.5 Å². The molecular formula is C12H17N3O5S. The number of nitrogen functional groups attached to an aromatic ring is 1. The molecule has 2 rings (SSSR count). The van der Waals surface area contributed by atoms with Crippen LogP contribution in [-0.4, -0.2) is 32.6 Å². The van der Waals surface area contributed by atoms with Crippen molar-refractivity contribution >= 4 is 21.4 Å². The minimum Gasteiger partial charge on any atom is -0.398 e. The second kappa shape index (κ2) is 5.96. The number of hydrogen-bond donors (Lipinski definition) is 2. The second-order valence-corrected chi connectivity index (χ2v) is 6.59. The Morgan fingerprint density at radius 3 is 2.76 bits per heavy atom. The average molecular weight is 315 g/mol. The molecule has 2 atom stereocenters. The van der Waals surface area contributed by atoms with E-state index in [9.17, 15) is 18.5 Å². The van der Waals surface area contributed by atoms with Crippen LogP contribution in [0.15, 0.2) is 23.1 Å². The van der Waals surface area contributed by atoms with Gasteiger partial charge in [0.05, 0.1) is 16.7 Å². The van der Waals surface area contributed by atoms with Crippen molar-refractivity contribution in [1.82, 2.24) is 4.72 Å². The third-order valence-corrected chi connectivity index (χ3v) is 5.10. The maximum absolute atomic E-state index is 12.4. The fraction of sp³-hybridized carbons (Fsp3) is 0.500. The lowest BCUT2D eigenvalue weighted by Gasteiger charge is -2.20. The highest BCUT2D eigenvalue weighted by atomic mass is 32.2. The van der Waals surface area contributed by atoms with Gasteiger partial charge in [-0.15, -0.1) is 0 Å². The van der Waals surface area contributed by atoms with Gasteiger partial charge in [-0.1, -0.05) is 0 Å². The fourth-order valence-electron chi connectivity index (χ4n) is 2.48. The van der Waals surface area contributed by atoms with Gasteiger partial charge in [-0.3, -0.25) is 10.1 Å². The summed E-state index contributed by atoms with van der Waals surface area (Å²) >= 11 is 0. The summed E-state index contributed by atoms with van der Waals surface area (Å²) in [7, 11) is -2.41. The number of nitrogens with two attached hydrogens (primary N) is 1. The monoisotopic (exact) mass is 315 g/mol. The van der Waals surface area contributed by atoms with Gasteiger partial charge in [0.2, 0.25) is 10.0 Å². The summed E-state index contributed by atoms with van der Waals surface area (Å²) in [5.41, 5.74) is 5.30. The van der Waals surface area contributed by atoms with Crippen molar-refractivity contribution in [3.63, 3.8) is 0 Å². The minimum atomic E-state index is -3.93. The molecule has 0 radical (unpaired) electrons. The number of nitro benzene ring substituents is 1. The van der Waals surface area contributed by atoms with Gasteiger partial charge in [-0.25, -0.2) is 13.1 Å². The zero-order valence-electron chi connectivity index (χ0n) is 11.5. The smallest absolute Gasteiger partial charge is 0.270 e. The number of sulfonamides is 1. The first-order valence-electron chi connectivity index (χ1n) is 6.44. The first-order valence-corrected chi connectivity index (χ1v) is 7.92. The fourth-order valence-corrected chi connectivity index (χ4v) is 3.92. The Labute approximate surface area is 122 Å². The number of methoxy groups -OCH3 is 1. The van der Waals surface area contributed by atoms with E-state index < -0.39 is 14.9 Å². The quantitative estimate of drug-likeness (QED) is 0.475. The topological polar surface area (TPSA) is 125 Å². The number of nitro groups is 1. The van der Waals surface area contributed by atoms with Crippen LogP contribution >= 0.6 is 0 Å². The third kappa shape index (κ3) is 3.31. The first-order chi connectivity index (χ1) is 9.85. The third-order valence-electron chi connectivity index (χ3n) is 3.56. The summed E-state index contributed by atoms with van der Waals surface area (Å²) in [5, 5.41) is 10.8. The Kier molecular flexibility index (Phi) is 4.45. The molecule has 0 heterocycles. The van der Waals surface area contributed by atoms with E-state index in [0.29, 0.717) is 6.42 Å². The number of nitrogens with one attached hydrogen (secondary N) is 1. The maximum atomic E-state index is 12.4. The highest BCUT2D eigenvalue weighted by Gasteiger charge is 2.32. The number of non-ortho nitro benzene ring substituents is 1. The normalized spacial score (nSPS) is 22.3. The largest absolute Gasteiger partial charge is 0.398 e. The SMILES string of the molecule is COC1CCCC1NS(=O)(=O)c1cc([N+](=O)[O-])ccc1N. The van der Waals surface area contributed by atoms with Gasteiger partial charge >= 0.3 is 0 Å². The van der Waals surface area contributed by atoms with Gasteiger partial charge in [0.25, 0.3) is 5.69 Å². The number of hydrogen-bond acceptors (Lipinski definition) is 6. The molecule has 3 N–H and O–H groups in total. The van der Waals surface area contributed by atoms with E-state index in [1.165, 1.54) is 19.2 Å². The van der Waals surface area contributed by atoms with Crippen molar-refractivity contribution in [3.8, 4) is 0 Å². The standard InChI is InChI=1S/C12H17N3O5S/c1-20-11-4-2-3-10(11)14-21(18,19)12-7-8(15(16)17)5-6-9(12)13/h5-7,10-11,14H,2-4,13H2,1H3. The van der Waals surface area contributed by atoms with Crippen LogP contribution in [-0.2, 0) is 14.8 Å². The molecular weight excluding hydrogens is 298 g/mol. The molecule has 1 fully saturated rings. The summed E-state index contributed by atoms with van der Waals surface area (Å²) < 4.78 is 32.5. The van der Waals surface area contributed by atoms with Gasteiger partial charge in [0.1, 0.15) is 4.90 Å². The predicted octanol–water partition coefficient (Wildman–Crippen LogP) is 1.02. The Balaban J connectivity index is 2.31. The Bertz CT molecular complexity index is 646. The number of anilines is 1. The summed E-state index contributed by atoms with van der Waals surface area (Å²) in [6, 6.07) is 3.00. The van der Waals surface area contributed by atoms with Crippen LogP contribution in [0, 0.1) is 10.1 Å². The predicted molar refractivity (Wildman–Crippen MR) is 76.3 cm³/mol. The molecule has 0 aromatic heterocycles. The van der Waals surface area contributed by atoms with Crippen LogP contribution in [0.2, 0.25) is 0 Å². The second-order valence-electron chi connectivity index (χ2n) is 4.91. The van der Waals surface area contributed by atoms with Gasteiger partial charge in [-0.2, -0.15) is 0 Å². The van der Waals surface area contributed by atoms with Crippen LogP contribution in [0.5, 0.6) is 0 Å². The van der Waals surface area contributed by atoms with Gasteiger partial charge in [0, 0.05) is 25.3 Å². The Morgan fingerprint density at radius 1 is 1.43 bits per heavy atom. The highest BCUT2D eigenvalue weighted by molar-refractivity contribution is 7.89. The number of nitrogens with zero attached hydrogens (tertiary/aromatic N) is 1. The zero-order chi connectivity index (χ0) is 15.6. The van der Waals surface area contributed by atoms with E-state index in [1.807, 2.05) is 0 Å². The summed E-state index contributed by atoms with van der Waals surface area (Å²) in [6.07, 6.45) is 2.09. The molecule has 1 aromatic rings. The van der Waals surface area contributed by atoms with Crippen molar-refractivity contribution in [1.29, 1.82) is 0 Å². The molecule has 0 saturated heterocycles. The molecule has 1 aliphatic carbocycles. The van der Waals surface area contributed by atoms with Crippen LogP contribution in [0.1, 0.15) is 19.3 Å². The van der Waals surface area contributed by atoms with E-state index >= 15 is 0 Å². The molecule has 2 unspecified atom stereocenters. The van der Waals surface area contributed by atoms with Crippen molar-refractivity contribution in [2.24, 2.45) is 0 Å². The van der Waals surface area contributed by atoms with Crippen LogP contribution in [0.3, 0.4) is 0 Å². The molecule has 21 heavy (non-hydrogen) atoms. The van der Waals surface area contributed by atoms with Crippen LogP contribution in [0.25, 0.3) is 0 Å². The first kappa shape index (κ1) is 15.7. The summed E-state index contributed by atoms with van der Waals surface area (Å²) in [6.45, 7) is 0. The lowest BCUT2D eigenvalue weighted by molar-refractivity contribution is -0.385.